The van der Waals surface area contributed by atoms with E-state index in [0.29, 0.717) is 6.42 Å². The fraction of sp³-hybridized carbons (Fsp3) is 0.907. The monoisotopic (exact) mass is 774 g/mol. The minimum absolute atomic E-state index is 0.0558. The maximum Gasteiger partial charge on any atom is 0.472 e. The first-order chi connectivity index (χ1) is 25.8. The van der Waals surface area contributed by atoms with Gasteiger partial charge in [0.25, 0.3) is 0 Å². The van der Waals surface area contributed by atoms with Gasteiger partial charge in [-0.25, -0.2) is 4.57 Å². The summed E-state index contributed by atoms with van der Waals surface area (Å²) in [7, 11) is -4.37. The second-order valence-electron chi connectivity index (χ2n) is 14.9. The van der Waals surface area contributed by atoms with E-state index >= 15 is 0 Å². The smallest absolute Gasteiger partial charge is 0.462 e. The number of esters is 2. The lowest BCUT2D eigenvalue weighted by molar-refractivity contribution is -0.161. The maximum absolute atomic E-state index is 12.6. The van der Waals surface area contributed by atoms with Crippen molar-refractivity contribution in [1.82, 2.24) is 0 Å². The molecule has 2 atom stereocenters. The molecule has 0 amide bonds. The highest BCUT2D eigenvalue weighted by atomic mass is 31.2. The third-order valence-electron chi connectivity index (χ3n) is 9.65. The van der Waals surface area contributed by atoms with Crippen molar-refractivity contribution in [1.29, 1.82) is 0 Å². The largest absolute Gasteiger partial charge is 0.472 e. The van der Waals surface area contributed by atoms with Gasteiger partial charge in [0.1, 0.15) is 6.61 Å². The third-order valence-corrected chi connectivity index (χ3v) is 10.6. The summed E-state index contributed by atoms with van der Waals surface area (Å²) in [6, 6.07) is 0. The quantitative estimate of drug-likeness (QED) is 0.0269. The van der Waals surface area contributed by atoms with Crippen molar-refractivity contribution in [3.05, 3.63) is 12.2 Å². The molecule has 314 valence electrons. The highest BCUT2D eigenvalue weighted by Crippen LogP contribution is 2.43. The number of carbonyl (C=O) groups excluding carboxylic acids is 2. The van der Waals surface area contributed by atoms with E-state index in [-0.39, 0.29) is 38.6 Å². The second kappa shape index (κ2) is 40.4. The zero-order valence-corrected chi connectivity index (χ0v) is 35.4. The summed E-state index contributed by atoms with van der Waals surface area (Å²) in [5.41, 5.74) is 5.35. The van der Waals surface area contributed by atoms with Gasteiger partial charge in [-0.15, -0.1) is 0 Å². The maximum atomic E-state index is 12.6. The first kappa shape index (κ1) is 51.8. The molecule has 0 fully saturated rings. The van der Waals surface area contributed by atoms with Crippen molar-refractivity contribution in [2.24, 2.45) is 5.73 Å². The summed E-state index contributed by atoms with van der Waals surface area (Å²) in [5, 5.41) is 0. The second-order valence-corrected chi connectivity index (χ2v) is 16.4. The van der Waals surface area contributed by atoms with Crippen LogP contribution in [0.15, 0.2) is 12.2 Å². The van der Waals surface area contributed by atoms with E-state index in [1.54, 1.807) is 0 Å². The van der Waals surface area contributed by atoms with E-state index in [9.17, 15) is 19.0 Å². The summed E-state index contributed by atoms with van der Waals surface area (Å²) in [4.78, 5) is 34.9. The summed E-state index contributed by atoms with van der Waals surface area (Å²) in [6.07, 6.45) is 40.9. The molecular weight excluding hydrogens is 689 g/mol. The van der Waals surface area contributed by atoms with Gasteiger partial charge >= 0.3 is 19.8 Å². The number of hydrogen-bond donors (Lipinski definition) is 2. The Morgan fingerprint density at radius 1 is 0.547 bits per heavy atom. The number of rotatable bonds is 42. The van der Waals surface area contributed by atoms with Crippen LogP contribution in [0, 0.1) is 0 Å². The van der Waals surface area contributed by atoms with Crippen LogP contribution < -0.4 is 5.73 Å². The van der Waals surface area contributed by atoms with E-state index in [0.717, 1.165) is 44.9 Å². The van der Waals surface area contributed by atoms with E-state index in [4.69, 9.17) is 24.3 Å². The molecule has 0 aliphatic carbocycles. The molecule has 0 aromatic rings. The zero-order chi connectivity index (χ0) is 38.9. The standard InChI is InChI=1S/C43H84NO8P/c1-3-5-7-9-11-13-15-17-19-20-22-24-26-28-30-32-34-36-43(46)52-41(40-51-53(47,48)50-38-37-44)39-49-42(45)35-33-31-29-27-25-23-21-18-16-14-12-10-8-6-4-2/h14,16,41H,3-13,15,17-40,44H2,1-2H3,(H,47,48)/t41-/m1/s1. The molecule has 0 saturated heterocycles. The number of phosphoric acid groups is 1. The predicted molar refractivity (Wildman–Crippen MR) is 220 cm³/mol. The van der Waals surface area contributed by atoms with Crippen molar-refractivity contribution in [3.63, 3.8) is 0 Å². The van der Waals surface area contributed by atoms with Gasteiger partial charge in [-0.1, -0.05) is 180 Å². The molecule has 0 aliphatic heterocycles. The molecular formula is C43H84NO8P. The van der Waals surface area contributed by atoms with Crippen LogP contribution in [0.4, 0.5) is 0 Å². The molecule has 0 rings (SSSR count). The van der Waals surface area contributed by atoms with Crippen LogP contribution in [0.1, 0.15) is 219 Å². The average Bonchev–Trinajstić information content (AvgIpc) is 3.14. The molecule has 0 aliphatic rings. The van der Waals surface area contributed by atoms with E-state index < -0.39 is 26.5 Å². The van der Waals surface area contributed by atoms with Crippen molar-refractivity contribution >= 4 is 19.8 Å². The SMILES string of the molecule is CCCCCCC=CCCCCCCCCCC(=O)OC[C@H](COP(=O)(O)OCCN)OC(=O)CCCCCCCCCCCCCCCCCCC. The summed E-state index contributed by atoms with van der Waals surface area (Å²) >= 11 is 0. The minimum atomic E-state index is -4.37. The summed E-state index contributed by atoms with van der Waals surface area (Å²) in [6.45, 7) is 3.75. The number of unbranched alkanes of at least 4 members (excludes halogenated alkanes) is 27. The first-order valence-corrected chi connectivity index (χ1v) is 23.7. The fourth-order valence-corrected chi connectivity index (χ4v) is 7.10. The Labute approximate surface area is 326 Å². The molecule has 0 aromatic carbocycles. The molecule has 0 radical (unpaired) electrons. The number of carbonyl (C=O) groups is 2. The van der Waals surface area contributed by atoms with Crippen LogP contribution >= 0.6 is 7.82 Å². The van der Waals surface area contributed by atoms with Crippen molar-refractivity contribution in [2.45, 2.75) is 225 Å². The van der Waals surface area contributed by atoms with Gasteiger partial charge < -0.3 is 20.1 Å². The molecule has 1 unspecified atom stereocenters. The highest BCUT2D eigenvalue weighted by molar-refractivity contribution is 7.47. The highest BCUT2D eigenvalue weighted by Gasteiger charge is 2.26. The minimum Gasteiger partial charge on any atom is -0.462 e. The van der Waals surface area contributed by atoms with E-state index in [1.165, 1.54) is 141 Å². The molecule has 10 heteroatoms. The van der Waals surface area contributed by atoms with E-state index in [2.05, 4.69) is 26.0 Å². The van der Waals surface area contributed by atoms with Crippen LogP contribution in [0.2, 0.25) is 0 Å². The lowest BCUT2D eigenvalue weighted by atomic mass is 10.0. The molecule has 0 aromatic heterocycles. The molecule has 0 bridgehead atoms. The molecule has 53 heavy (non-hydrogen) atoms. The van der Waals surface area contributed by atoms with Crippen LogP contribution in [0.3, 0.4) is 0 Å². The normalized spacial score (nSPS) is 13.4. The molecule has 0 heterocycles. The number of phosphoric ester groups is 1. The topological polar surface area (TPSA) is 134 Å². The van der Waals surface area contributed by atoms with Gasteiger partial charge in [-0.2, -0.15) is 0 Å². The number of ether oxygens (including phenoxy) is 2. The van der Waals surface area contributed by atoms with Crippen LogP contribution in [-0.2, 0) is 32.7 Å². The molecule has 0 saturated carbocycles. The Balaban J connectivity index is 4.11. The zero-order valence-electron chi connectivity index (χ0n) is 34.5. The Hall–Kier alpha value is -1.25. The molecule has 9 nitrogen and oxygen atoms in total. The summed E-state index contributed by atoms with van der Waals surface area (Å²) < 4.78 is 32.8. The number of nitrogens with two attached hydrogens (primary N) is 1. The predicted octanol–water partition coefficient (Wildman–Crippen LogP) is 12.6. The van der Waals surface area contributed by atoms with Crippen molar-refractivity contribution in [3.8, 4) is 0 Å². The molecule has 0 spiro atoms. The Morgan fingerprint density at radius 2 is 0.925 bits per heavy atom. The third kappa shape index (κ3) is 40.2. The number of allylic oxidation sites excluding steroid dienone is 2. The van der Waals surface area contributed by atoms with Gasteiger partial charge in [0, 0.05) is 19.4 Å². The lowest BCUT2D eigenvalue weighted by Gasteiger charge is -2.19. The van der Waals surface area contributed by atoms with Gasteiger partial charge in [0.15, 0.2) is 6.10 Å². The van der Waals surface area contributed by atoms with Crippen LogP contribution in [0.5, 0.6) is 0 Å². The average molecular weight is 774 g/mol. The number of hydrogen-bond acceptors (Lipinski definition) is 8. The Morgan fingerprint density at radius 3 is 1.36 bits per heavy atom. The fourth-order valence-electron chi connectivity index (χ4n) is 6.34. The Bertz CT molecular complexity index is 886. The van der Waals surface area contributed by atoms with Gasteiger partial charge in [0.2, 0.25) is 0 Å². The first-order valence-electron chi connectivity index (χ1n) is 22.2. The van der Waals surface area contributed by atoms with Gasteiger partial charge in [-0.05, 0) is 38.5 Å². The van der Waals surface area contributed by atoms with Gasteiger partial charge in [0.05, 0.1) is 13.2 Å². The summed E-state index contributed by atoms with van der Waals surface area (Å²) in [5.74, 6) is -0.822. The Kier molecular flexibility index (Phi) is 39.5. The lowest BCUT2D eigenvalue weighted by Crippen LogP contribution is -2.29. The van der Waals surface area contributed by atoms with Crippen LogP contribution in [0.25, 0.3) is 0 Å². The van der Waals surface area contributed by atoms with Gasteiger partial charge in [-0.3, -0.25) is 18.6 Å². The van der Waals surface area contributed by atoms with Crippen molar-refractivity contribution in [2.75, 3.05) is 26.4 Å². The molecule has 3 N–H and O–H groups in total. The van der Waals surface area contributed by atoms with Crippen molar-refractivity contribution < 1.29 is 37.6 Å². The van der Waals surface area contributed by atoms with E-state index in [1.807, 2.05) is 0 Å². The van der Waals surface area contributed by atoms with Crippen LogP contribution in [-0.4, -0.2) is 49.3 Å².